The number of piperidine rings is 1. The number of likely N-dealkylation sites (tertiary alicyclic amines) is 1. The van der Waals surface area contributed by atoms with E-state index >= 15 is 0 Å². The highest BCUT2D eigenvalue weighted by Crippen LogP contribution is 2.29. The molecule has 4 heterocycles. The van der Waals surface area contributed by atoms with Crippen molar-refractivity contribution < 1.29 is 18.0 Å². The maximum atomic E-state index is 12.7. The number of amides is 1. The average Bonchev–Trinajstić information content (AvgIpc) is 3.28. The Morgan fingerprint density at radius 1 is 1.15 bits per heavy atom. The van der Waals surface area contributed by atoms with Crippen LogP contribution in [-0.4, -0.2) is 48.3 Å². The van der Waals surface area contributed by atoms with Crippen molar-refractivity contribution >= 4 is 11.6 Å². The number of aromatic nitrogens is 5. The zero-order valence-corrected chi connectivity index (χ0v) is 13.6. The first-order chi connectivity index (χ1) is 12.4. The molecule has 0 unspecified atom stereocenters. The highest BCUT2D eigenvalue weighted by Gasteiger charge is 2.34. The Kier molecular flexibility index (Phi) is 3.89. The molecule has 0 saturated carbocycles. The van der Waals surface area contributed by atoms with Crippen molar-refractivity contribution in [2.24, 2.45) is 0 Å². The second-order valence-electron chi connectivity index (χ2n) is 6.15. The molecule has 4 rings (SSSR count). The second kappa shape index (κ2) is 6.11. The van der Waals surface area contributed by atoms with Gasteiger partial charge < -0.3 is 4.90 Å². The zero-order chi connectivity index (χ0) is 18.3. The van der Waals surface area contributed by atoms with E-state index in [1.165, 1.54) is 15.4 Å². The van der Waals surface area contributed by atoms with E-state index in [9.17, 15) is 18.0 Å². The summed E-state index contributed by atoms with van der Waals surface area (Å²) in [5.41, 5.74) is -0.00393. The molecule has 7 nitrogen and oxygen atoms in total. The molecule has 3 aromatic heterocycles. The highest BCUT2D eigenvalue weighted by molar-refractivity contribution is 5.93. The van der Waals surface area contributed by atoms with Crippen LogP contribution in [0.2, 0.25) is 0 Å². The molecule has 136 valence electrons. The predicted octanol–water partition coefficient (Wildman–Crippen LogP) is 2.42. The number of halogens is 3. The summed E-state index contributed by atoms with van der Waals surface area (Å²) < 4.78 is 40.9. The third kappa shape index (κ3) is 3.02. The summed E-state index contributed by atoms with van der Waals surface area (Å²) in [5.74, 6) is -0.203. The first-order valence-electron chi connectivity index (χ1n) is 8.14. The van der Waals surface area contributed by atoms with Crippen LogP contribution in [0.1, 0.15) is 35.1 Å². The molecule has 0 N–H and O–H groups in total. The molecule has 0 aromatic carbocycles. The molecule has 3 aromatic rings. The van der Waals surface area contributed by atoms with Gasteiger partial charge in [0.05, 0.1) is 6.04 Å². The monoisotopic (exact) mass is 364 g/mol. The van der Waals surface area contributed by atoms with Crippen LogP contribution in [0, 0.1) is 0 Å². The number of carbonyl (C=O) groups excluding carboxylic acids is 1. The fraction of sp³-hybridized carbons (Fsp3) is 0.375. The minimum Gasteiger partial charge on any atom is -0.337 e. The molecule has 1 fully saturated rings. The fourth-order valence-corrected chi connectivity index (χ4v) is 3.12. The van der Waals surface area contributed by atoms with Crippen molar-refractivity contribution in [3.8, 4) is 0 Å². The maximum Gasteiger partial charge on any atom is 0.435 e. The van der Waals surface area contributed by atoms with Gasteiger partial charge in [-0.25, -0.2) is 9.50 Å². The van der Waals surface area contributed by atoms with Gasteiger partial charge in [-0.2, -0.15) is 23.4 Å². The Balaban J connectivity index is 1.43. The van der Waals surface area contributed by atoms with Gasteiger partial charge in [0.25, 0.3) is 5.91 Å². The highest BCUT2D eigenvalue weighted by atomic mass is 19.4. The Hall–Kier alpha value is -2.91. The molecule has 26 heavy (non-hydrogen) atoms. The van der Waals surface area contributed by atoms with E-state index in [1.807, 2.05) is 0 Å². The summed E-state index contributed by atoms with van der Waals surface area (Å²) in [5, 5.41) is 7.84. The van der Waals surface area contributed by atoms with Crippen molar-refractivity contribution in [3.05, 3.63) is 48.2 Å². The number of fused-ring (bicyclic) bond motifs is 1. The topological polar surface area (TPSA) is 68.3 Å². The summed E-state index contributed by atoms with van der Waals surface area (Å²) in [4.78, 5) is 18.4. The zero-order valence-electron chi connectivity index (χ0n) is 13.6. The molecule has 10 heteroatoms. The largest absolute Gasteiger partial charge is 0.435 e. The van der Waals surface area contributed by atoms with Gasteiger partial charge in [0, 0.05) is 37.7 Å². The van der Waals surface area contributed by atoms with Crippen LogP contribution in [0.25, 0.3) is 5.65 Å². The molecule has 0 radical (unpaired) electrons. The lowest BCUT2D eigenvalue weighted by molar-refractivity contribution is -0.141. The van der Waals surface area contributed by atoms with Crippen LogP contribution in [-0.2, 0) is 6.18 Å². The number of nitrogens with zero attached hydrogens (tertiary/aromatic N) is 6. The number of rotatable bonds is 2. The molecule has 1 aliphatic rings. The van der Waals surface area contributed by atoms with Gasteiger partial charge in [0.15, 0.2) is 17.0 Å². The third-order valence-electron chi connectivity index (χ3n) is 4.48. The van der Waals surface area contributed by atoms with Crippen molar-refractivity contribution in [1.29, 1.82) is 0 Å². The van der Waals surface area contributed by atoms with E-state index in [0.29, 0.717) is 37.3 Å². The predicted molar refractivity (Wildman–Crippen MR) is 84.4 cm³/mol. The van der Waals surface area contributed by atoms with E-state index in [2.05, 4.69) is 15.2 Å². The first-order valence-corrected chi connectivity index (χ1v) is 8.14. The van der Waals surface area contributed by atoms with Crippen LogP contribution >= 0.6 is 0 Å². The SMILES string of the molecule is O=C(c1cc2ncccn2n1)N1CCC(n2ccc(C(F)(F)F)n2)CC1. The molecule has 0 atom stereocenters. The lowest BCUT2D eigenvalue weighted by atomic mass is 10.1. The summed E-state index contributed by atoms with van der Waals surface area (Å²) in [6.07, 6.45) is 1.31. The lowest BCUT2D eigenvalue weighted by Crippen LogP contribution is -2.39. The van der Waals surface area contributed by atoms with E-state index in [4.69, 9.17) is 0 Å². The molecular weight excluding hydrogens is 349 g/mol. The molecule has 1 saturated heterocycles. The lowest BCUT2D eigenvalue weighted by Gasteiger charge is -2.31. The van der Waals surface area contributed by atoms with Gasteiger partial charge in [0.1, 0.15) is 0 Å². The normalized spacial score (nSPS) is 16.3. The minimum absolute atomic E-state index is 0.155. The Bertz CT molecular complexity index is 906. The van der Waals surface area contributed by atoms with E-state index in [-0.39, 0.29) is 11.9 Å². The smallest absolute Gasteiger partial charge is 0.337 e. The Morgan fingerprint density at radius 3 is 2.58 bits per heavy atom. The quantitative estimate of drug-likeness (QED) is 0.700. The summed E-state index contributed by atoms with van der Waals surface area (Å²) in [7, 11) is 0. The van der Waals surface area contributed by atoms with Crippen LogP contribution in [0.3, 0.4) is 0 Å². The van der Waals surface area contributed by atoms with Gasteiger partial charge in [-0.1, -0.05) is 0 Å². The summed E-state index contributed by atoms with van der Waals surface area (Å²) in [6, 6.07) is 4.16. The van der Waals surface area contributed by atoms with Crippen LogP contribution in [0.4, 0.5) is 13.2 Å². The second-order valence-corrected chi connectivity index (χ2v) is 6.15. The molecular formula is C16H15F3N6O. The van der Waals surface area contributed by atoms with E-state index < -0.39 is 11.9 Å². The standard InChI is InChI=1S/C16H15F3N6O/c17-16(18,19)13-4-9-24(22-13)11-2-7-23(8-3-11)15(26)12-10-14-20-5-1-6-25(14)21-12/h1,4-6,9-11H,2-3,7-8H2. The van der Waals surface area contributed by atoms with Crippen molar-refractivity contribution in [1.82, 2.24) is 29.3 Å². The third-order valence-corrected chi connectivity index (χ3v) is 4.48. The van der Waals surface area contributed by atoms with Gasteiger partial charge >= 0.3 is 6.18 Å². The summed E-state index contributed by atoms with van der Waals surface area (Å²) >= 11 is 0. The average molecular weight is 364 g/mol. The van der Waals surface area contributed by atoms with Crippen LogP contribution in [0.5, 0.6) is 0 Å². The minimum atomic E-state index is -4.45. The number of alkyl halides is 3. The van der Waals surface area contributed by atoms with Gasteiger partial charge in [-0.15, -0.1) is 0 Å². The van der Waals surface area contributed by atoms with Gasteiger partial charge in [-0.3, -0.25) is 9.48 Å². The molecule has 0 spiro atoms. The van der Waals surface area contributed by atoms with Gasteiger partial charge in [-0.05, 0) is 25.0 Å². The molecule has 0 bridgehead atoms. The van der Waals surface area contributed by atoms with Gasteiger partial charge in [0.2, 0.25) is 0 Å². The number of carbonyl (C=O) groups is 1. The molecule has 0 aliphatic carbocycles. The Morgan fingerprint density at radius 2 is 1.92 bits per heavy atom. The van der Waals surface area contributed by atoms with Crippen molar-refractivity contribution in [3.63, 3.8) is 0 Å². The summed E-state index contributed by atoms with van der Waals surface area (Å²) in [6.45, 7) is 0.873. The number of hydrogen-bond donors (Lipinski definition) is 0. The number of hydrogen-bond acceptors (Lipinski definition) is 4. The molecule has 1 amide bonds. The Labute approximate surface area is 146 Å². The maximum absolute atomic E-state index is 12.7. The van der Waals surface area contributed by atoms with Crippen LogP contribution < -0.4 is 0 Å². The first kappa shape index (κ1) is 16.6. The van der Waals surface area contributed by atoms with Crippen molar-refractivity contribution in [2.75, 3.05) is 13.1 Å². The van der Waals surface area contributed by atoms with E-state index in [0.717, 1.165) is 6.07 Å². The van der Waals surface area contributed by atoms with E-state index in [1.54, 1.807) is 29.4 Å². The molecule has 1 aliphatic heterocycles. The van der Waals surface area contributed by atoms with Crippen LogP contribution in [0.15, 0.2) is 36.8 Å². The fourth-order valence-electron chi connectivity index (χ4n) is 3.12. The van der Waals surface area contributed by atoms with Crippen molar-refractivity contribution in [2.45, 2.75) is 25.1 Å².